The molecule has 4 nitrogen and oxygen atoms in total. The van der Waals surface area contributed by atoms with Crippen molar-refractivity contribution in [3.05, 3.63) is 34.7 Å². The largest absolute Gasteiger partial charge is 0.307 e. The van der Waals surface area contributed by atoms with Crippen LogP contribution >= 0.6 is 11.6 Å². The van der Waals surface area contributed by atoms with E-state index in [1.165, 1.54) is 24.1 Å². The maximum Gasteiger partial charge on any atom is 0.129 e. The van der Waals surface area contributed by atoms with Crippen LogP contribution in [0.1, 0.15) is 30.1 Å². The summed E-state index contributed by atoms with van der Waals surface area (Å²) in [6.45, 7) is 0. The highest BCUT2D eigenvalue weighted by Gasteiger charge is 2.35. The lowest BCUT2D eigenvalue weighted by Crippen LogP contribution is -2.31. The van der Waals surface area contributed by atoms with Crippen molar-refractivity contribution in [2.75, 3.05) is 0 Å². The Hall–Kier alpha value is -1.39. The molecule has 2 bridgehead atoms. The molecule has 0 aliphatic carbocycles. The number of pyridine rings is 1. The van der Waals surface area contributed by atoms with Gasteiger partial charge in [0.1, 0.15) is 5.15 Å². The molecular formula is C13H13ClN4. The zero-order valence-corrected chi connectivity index (χ0v) is 10.5. The molecule has 0 saturated carbocycles. The van der Waals surface area contributed by atoms with Crippen LogP contribution in [0.15, 0.2) is 18.3 Å². The highest BCUT2D eigenvalue weighted by Crippen LogP contribution is 2.39. The number of fused-ring (bicyclic) bond motifs is 4. The second-order valence-corrected chi connectivity index (χ2v) is 5.42. The molecule has 2 N–H and O–H groups in total. The molecule has 2 aromatic heterocycles. The van der Waals surface area contributed by atoms with E-state index in [0.29, 0.717) is 17.2 Å². The number of nitrogens with one attached hydrogen (secondary N) is 2. The number of rotatable bonds is 1. The molecule has 0 spiro atoms. The Morgan fingerprint density at radius 2 is 2.22 bits per heavy atom. The van der Waals surface area contributed by atoms with Gasteiger partial charge in [0.2, 0.25) is 0 Å². The summed E-state index contributed by atoms with van der Waals surface area (Å²) in [5.41, 5.74) is 4.66. The van der Waals surface area contributed by atoms with Gasteiger partial charge >= 0.3 is 0 Å². The van der Waals surface area contributed by atoms with E-state index in [2.05, 4.69) is 20.5 Å². The van der Waals surface area contributed by atoms with Gasteiger partial charge in [-0.05, 0) is 25.0 Å². The maximum absolute atomic E-state index is 5.83. The quantitative estimate of drug-likeness (QED) is 0.775. The minimum absolute atomic E-state index is 0.447. The second-order valence-electron chi connectivity index (χ2n) is 5.03. The summed E-state index contributed by atoms with van der Waals surface area (Å²) in [6, 6.07) is 4.86. The molecule has 2 aliphatic heterocycles. The number of aromatic nitrogens is 3. The normalized spacial score (nSPS) is 25.2. The number of aromatic amines is 1. The summed E-state index contributed by atoms with van der Waals surface area (Å²) in [6.07, 6.45) is 5.30. The Balaban J connectivity index is 1.83. The summed E-state index contributed by atoms with van der Waals surface area (Å²) >= 11 is 5.83. The number of H-pyrrole nitrogens is 1. The monoisotopic (exact) mass is 260 g/mol. The summed E-state index contributed by atoms with van der Waals surface area (Å²) in [4.78, 5) is 4.14. The summed E-state index contributed by atoms with van der Waals surface area (Å²) in [5.74, 6) is 0. The number of hydrogen-bond acceptors (Lipinski definition) is 3. The van der Waals surface area contributed by atoms with Crippen molar-refractivity contribution in [1.29, 1.82) is 0 Å². The summed E-state index contributed by atoms with van der Waals surface area (Å²) in [5, 5.41) is 11.8. The van der Waals surface area contributed by atoms with E-state index in [1.807, 2.05) is 12.1 Å². The molecule has 2 atom stereocenters. The molecule has 2 aliphatic rings. The first kappa shape index (κ1) is 10.5. The third kappa shape index (κ3) is 1.49. The Bertz CT molecular complexity index is 590. The van der Waals surface area contributed by atoms with E-state index in [9.17, 15) is 0 Å². The fourth-order valence-corrected chi connectivity index (χ4v) is 3.22. The minimum Gasteiger partial charge on any atom is -0.307 e. The minimum atomic E-state index is 0.447. The van der Waals surface area contributed by atoms with Gasteiger partial charge in [0, 0.05) is 41.5 Å². The van der Waals surface area contributed by atoms with Crippen LogP contribution in [0.3, 0.4) is 0 Å². The van der Waals surface area contributed by atoms with Crippen molar-refractivity contribution in [3.63, 3.8) is 0 Å². The predicted molar refractivity (Wildman–Crippen MR) is 69.4 cm³/mol. The van der Waals surface area contributed by atoms with Gasteiger partial charge in [-0.2, -0.15) is 5.10 Å². The maximum atomic E-state index is 5.83. The second kappa shape index (κ2) is 3.80. The number of nitrogens with zero attached hydrogens (tertiary/aromatic N) is 2. The molecule has 2 aromatic rings. The van der Waals surface area contributed by atoms with Gasteiger partial charge in [-0.3, -0.25) is 5.10 Å². The molecule has 4 rings (SSSR count). The van der Waals surface area contributed by atoms with Crippen molar-refractivity contribution in [1.82, 2.24) is 20.5 Å². The van der Waals surface area contributed by atoms with E-state index in [-0.39, 0.29) is 0 Å². The van der Waals surface area contributed by atoms with Crippen molar-refractivity contribution in [2.45, 2.75) is 31.3 Å². The Morgan fingerprint density at radius 1 is 1.28 bits per heavy atom. The van der Waals surface area contributed by atoms with Crippen molar-refractivity contribution in [2.24, 2.45) is 0 Å². The van der Waals surface area contributed by atoms with Crippen LogP contribution in [-0.2, 0) is 6.42 Å². The van der Waals surface area contributed by atoms with E-state index in [4.69, 9.17) is 11.6 Å². The number of hydrogen-bond donors (Lipinski definition) is 2. The van der Waals surface area contributed by atoms with Crippen molar-refractivity contribution in [3.8, 4) is 11.3 Å². The zero-order chi connectivity index (χ0) is 12.1. The van der Waals surface area contributed by atoms with Gasteiger partial charge in [0.05, 0.1) is 5.69 Å². The average Bonchev–Trinajstić information content (AvgIpc) is 2.96. The molecule has 1 saturated heterocycles. The van der Waals surface area contributed by atoms with Crippen LogP contribution in [0.2, 0.25) is 5.15 Å². The van der Waals surface area contributed by atoms with Gasteiger partial charge in [-0.15, -0.1) is 0 Å². The standard InChI is InChI=1S/C13H13ClN4/c14-11-4-1-7(6-15-11)13-12-9-3-2-8(16-9)5-10(12)17-18-13/h1,4,6,8-9,16H,2-3,5H2,(H,17,18)/t8-,9-/m0/s1. The predicted octanol–water partition coefficient (Wildman–Crippen LogP) is 2.47. The van der Waals surface area contributed by atoms with Gasteiger partial charge in [0.25, 0.3) is 0 Å². The Labute approximate surface area is 110 Å². The molecule has 0 amide bonds. The fourth-order valence-electron chi connectivity index (χ4n) is 3.11. The van der Waals surface area contributed by atoms with E-state index in [0.717, 1.165) is 17.7 Å². The lowest BCUT2D eigenvalue weighted by molar-refractivity contribution is 0.511. The molecule has 4 heterocycles. The molecule has 18 heavy (non-hydrogen) atoms. The van der Waals surface area contributed by atoms with Gasteiger partial charge in [-0.25, -0.2) is 4.98 Å². The van der Waals surface area contributed by atoms with Crippen LogP contribution in [0.4, 0.5) is 0 Å². The molecule has 0 aromatic carbocycles. The summed E-state index contributed by atoms with van der Waals surface area (Å²) in [7, 11) is 0. The molecule has 0 unspecified atom stereocenters. The van der Waals surface area contributed by atoms with Crippen LogP contribution < -0.4 is 5.32 Å². The zero-order valence-electron chi connectivity index (χ0n) is 9.78. The van der Waals surface area contributed by atoms with Crippen LogP contribution in [-0.4, -0.2) is 21.2 Å². The lowest BCUT2D eigenvalue weighted by atomic mass is 9.97. The SMILES string of the molecule is Clc1ccc(-c2n[nH]c3c2[C@@H]2CC[C@@H](C3)N2)cn1. The van der Waals surface area contributed by atoms with Gasteiger partial charge < -0.3 is 5.32 Å². The highest BCUT2D eigenvalue weighted by atomic mass is 35.5. The van der Waals surface area contributed by atoms with Crippen LogP contribution in [0.5, 0.6) is 0 Å². The first-order valence-corrected chi connectivity index (χ1v) is 6.64. The van der Waals surface area contributed by atoms with E-state index >= 15 is 0 Å². The van der Waals surface area contributed by atoms with Gasteiger partial charge in [0.15, 0.2) is 0 Å². The molecular weight excluding hydrogens is 248 g/mol. The highest BCUT2D eigenvalue weighted by molar-refractivity contribution is 6.29. The van der Waals surface area contributed by atoms with Crippen molar-refractivity contribution < 1.29 is 0 Å². The molecule has 1 fully saturated rings. The number of halogens is 1. The topological polar surface area (TPSA) is 53.6 Å². The smallest absolute Gasteiger partial charge is 0.129 e. The fraction of sp³-hybridized carbons (Fsp3) is 0.385. The molecule has 92 valence electrons. The van der Waals surface area contributed by atoms with Crippen LogP contribution in [0, 0.1) is 0 Å². The third-order valence-corrected chi connectivity index (χ3v) is 4.15. The lowest BCUT2D eigenvalue weighted by Gasteiger charge is -2.21. The van der Waals surface area contributed by atoms with Crippen LogP contribution in [0.25, 0.3) is 11.3 Å². The molecule has 5 heteroatoms. The first-order chi connectivity index (χ1) is 8.81. The Kier molecular flexibility index (Phi) is 2.22. The first-order valence-electron chi connectivity index (χ1n) is 6.26. The van der Waals surface area contributed by atoms with E-state index in [1.54, 1.807) is 6.20 Å². The molecule has 0 radical (unpaired) electrons. The summed E-state index contributed by atoms with van der Waals surface area (Å²) < 4.78 is 0. The third-order valence-electron chi connectivity index (χ3n) is 3.92. The van der Waals surface area contributed by atoms with Gasteiger partial charge in [-0.1, -0.05) is 11.6 Å². The van der Waals surface area contributed by atoms with E-state index < -0.39 is 0 Å². The Morgan fingerprint density at radius 3 is 3.06 bits per heavy atom. The average molecular weight is 261 g/mol. The van der Waals surface area contributed by atoms with Crippen molar-refractivity contribution >= 4 is 11.6 Å².